The van der Waals surface area contributed by atoms with Gasteiger partial charge in [-0.15, -0.1) is 0 Å². The van der Waals surface area contributed by atoms with Gasteiger partial charge in [0.15, 0.2) is 11.7 Å². The van der Waals surface area contributed by atoms with E-state index in [1.807, 2.05) is 0 Å². The van der Waals surface area contributed by atoms with Gasteiger partial charge in [0.25, 0.3) is 0 Å². The van der Waals surface area contributed by atoms with Crippen LogP contribution in [0.4, 0.5) is 0 Å². The maximum atomic E-state index is 12.9. The lowest BCUT2D eigenvalue weighted by molar-refractivity contribution is -0.218. The molecule has 9 atom stereocenters. The van der Waals surface area contributed by atoms with Crippen LogP contribution in [0.25, 0.3) is 0 Å². The Balaban J connectivity index is 2.45. The van der Waals surface area contributed by atoms with E-state index < -0.39 is 89.8 Å². The van der Waals surface area contributed by atoms with Crippen LogP contribution in [0.2, 0.25) is 0 Å². The summed E-state index contributed by atoms with van der Waals surface area (Å²) in [6.45, 7) is 8.88. The molecule has 0 aromatic rings. The molecule has 2 aliphatic carbocycles. The number of carbonyl (C=O) groups is 5. The molecule has 12 nitrogen and oxygen atoms in total. The Labute approximate surface area is 232 Å². The summed E-state index contributed by atoms with van der Waals surface area (Å²) >= 11 is 0. The predicted octanol–water partition coefficient (Wildman–Crippen LogP) is 1.30. The number of carbonyl (C=O) groups excluding carboxylic acids is 5. The number of aliphatic hydroxyl groups excluding tert-OH is 1. The lowest BCUT2D eigenvalue weighted by atomic mass is 9.56. The van der Waals surface area contributed by atoms with Crippen molar-refractivity contribution >= 4 is 29.8 Å². The van der Waals surface area contributed by atoms with Crippen LogP contribution in [0.1, 0.15) is 61.3 Å². The van der Waals surface area contributed by atoms with Gasteiger partial charge in [-0.3, -0.25) is 24.0 Å². The normalized spacial score (nSPS) is 38.7. The van der Waals surface area contributed by atoms with Gasteiger partial charge in [0.1, 0.15) is 24.4 Å². The average molecular weight is 567 g/mol. The molecule has 40 heavy (non-hydrogen) atoms. The molecule has 0 saturated carbocycles. The van der Waals surface area contributed by atoms with E-state index in [2.05, 4.69) is 0 Å². The number of esters is 5. The summed E-state index contributed by atoms with van der Waals surface area (Å²) in [7, 11) is 0. The summed E-state index contributed by atoms with van der Waals surface area (Å²) in [5.74, 6) is -5.77. The van der Waals surface area contributed by atoms with Gasteiger partial charge >= 0.3 is 29.8 Å². The van der Waals surface area contributed by atoms with Crippen LogP contribution in [-0.4, -0.2) is 82.8 Å². The van der Waals surface area contributed by atoms with Crippen molar-refractivity contribution in [2.75, 3.05) is 6.61 Å². The van der Waals surface area contributed by atoms with Gasteiger partial charge in [0.2, 0.25) is 0 Å². The molecule has 2 N–H and O–H groups in total. The highest BCUT2D eigenvalue weighted by Crippen LogP contribution is 2.55. The molecule has 0 amide bonds. The molecule has 1 saturated heterocycles. The zero-order valence-electron chi connectivity index (χ0n) is 23.8. The third kappa shape index (κ3) is 5.64. The molecular weight excluding hydrogens is 528 g/mol. The molecule has 0 radical (unpaired) electrons. The Hall–Kier alpha value is -3.25. The Morgan fingerprint density at radius 3 is 2.05 bits per heavy atom. The van der Waals surface area contributed by atoms with Gasteiger partial charge in [-0.05, 0) is 25.5 Å². The van der Waals surface area contributed by atoms with Gasteiger partial charge in [-0.2, -0.15) is 0 Å². The quantitative estimate of drug-likeness (QED) is 0.278. The first-order valence-corrected chi connectivity index (χ1v) is 13.2. The first kappa shape index (κ1) is 31.3. The highest BCUT2D eigenvalue weighted by Gasteiger charge is 2.67. The SMILES string of the molecule is CC(=O)O[C@H]1CC=C(C)[C@@H]2[C@@H](OC(C)=O)[C@@]3(O)[C@H](/C=C(/CO)[C@H](OC(C)=O)C[C@H](OC(C)=O)[C@@]12C)OC(=O)[C@@H]3C. The zero-order valence-corrected chi connectivity index (χ0v) is 23.8. The molecule has 3 aliphatic rings. The van der Waals surface area contributed by atoms with Crippen molar-refractivity contribution in [1.29, 1.82) is 0 Å². The second-order valence-electron chi connectivity index (χ2n) is 11.0. The number of hydrogen-bond donors (Lipinski definition) is 2. The summed E-state index contributed by atoms with van der Waals surface area (Å²) in [5.41, 5.74) is -2.92. The molecule has 1 aliphatic heterocycles. The molecule has 0 bridgehead atoms. The minimum atomic E-state index is -2.19. The number of hydrogen-bond acceptors (Lipinski definition) is 12. The molecule has 1 fully saturated rings. The third-order valence-corrected chi connectivity index (χ3v) is 8.31. The first-order chi connectivity index (χ1) is 18.6. The van der Waals surface area contributed by atoms with E-state index >= 15 is 0 Å². The van der Waals surface area contributed by atoms with E-state index in [4.69, 9.17) is 23.7 Å². The summed E-state index contributed by atoms with van der Waals surface area (Å²) in [4.78, 5) is 62.3. The maximum absolute atomic E-state index is 12.9. The fourth-order valence-corrected chi connectivity index (χ4v) is 6.41. The van der Waals surface area contributed by atoms with E-state index in [0.717, 1.165) is 6.92 Å². The Bertz CT molecular complexity index is 1120. The Morgan fingerprint density at radius 2 is 1.52 bits per heavy atom. The van der Waals surface area contributed by atoms with Gasteiger partial charge in [-0.1, -0.05) is 18.6 Å². The summed E-state index contributed by atoms with van der Waals surface area (Å²) in [6, 6.07) is 0. The largest absolute Gasteiger partial charge is 0.462 e. The Kier molecular flexibility index (Phi) is 9.15. The maximum Gasteiger partial charge on any atom is 0.312 e. The summed E-state index contributed by atoms with van der Waals surface area (Å²) in [5, 5.41) is 22.7. The molecule has 3 rings (SSSR count). The van der Waals surface area contributed by atoms with Gasteiger partial charge < -0.3 is 33.9 Å². The van der Waals surface area contributed by atoms with E-state index in [-0.39, 0.29) is 18.4 Å². The lowest BCUT2D eigenvalue weighted by Crippen LogP contribution is -2.65. The van der Waals surface area contributed by atoms with Crippen molar-refractivity contribution < 1.29 is 57.9 Å². The molecule has 12 heteroatoms. The van der Waals surface area contributed by atoms with E-state index in [1.165, 1.54) is 33.8 Å². The number of rotatable bonds is 5. The van der Waals surface area contributed by atoms with Crippen molar-refractivity contribution in [2.24, 2.45) is 17.3 Å². The fraction of sp³-hybridized carbons (Fsp3) is 0.679. The zero-order chi connectivity index (χ0) is 30.2. The van der Waals surface area contributed by atoms with Crippen molar-refractivity contribution in [2.45, 2.75) is 97.4 Å². The molecular formula is C28H38O12. The topological polar surface area (TPSA) is 172 Å². The van der Waals surface area contributed by atoms with Crippen LogP contribution in [0.5, 0.6) is 0 Å². The lowest BCUT2D eigenvalue weighted by Gasteiger charge is -2.55. The predicted molar refractivity (Wildman–Crippen MR) is 136 cm³/mol. The van der Waals surface area contributed by atoms with E-state index in [9.17, 15) is 34.2 Å². The minimum absolute atomic E-state index is 0.0633. The average Bonchev–Trinajstić information content (AvgIpc) is 3.05. The second-order valence-corrected chi connectivity index (χ2v) is 11.0. The number of aliphatic hydroxyl groups is 2. The Morgan fingerprint density at radius 1 is 0.975 bits per heavy atom. The summed E-state index contributed by atoms with van der Waals surface area (Å²) in [6.07, 6.45) is -3.13. The van der Waals surface area contributed by atoms with Crippen molar-refractivity contribution in [3.05, 3.63) is 23.3 Å². The van der Waals surface area contributed by atoms with Gasteiger partial charge in [-0.25, -0.2) is 0 Å². The highest BCUT2D eigenvalue weighted by atomic mass is 16.6. The molecule has 1 heterocycles. The third-order valence-electron chi connectivity index (χ3n) is 8.31. The molecule has 0 aromatic heterocycles. The van der Waals surface area contributed by atoms with Crippen molar-refractivity contribution in [3.8, 4) is 0 Å². The van der Waals surface area contributed by atoms with Crippen molar-refractivity contribution in [3.63, 3.8) is 0 Å². The van der Waals surface area contributed by atoms with E-state index in [0.29, 0.717) is 5.57 Å². The van der Waals surface area contributed by atoms with Crippen LogP contribution in [-0.2, 0) is 47.7 Å². The fourth-order valence-electron chi connectivity index (χ4n) is 6.41. The first-order valence-electron chi connectivity index (χ1n) is 13.2. The molecule has 0 aromatic carbocycles. The van der Waals surface area contributed by atoms with E-state index in [1.54, 1.807) is 19.9 Å². The minimum Gasteiger partial charge on any atom is -0.462 e. The standard InChI is InChI=1S/C28H38O12/c1-13-8-9-21(37-16(4)31)27(7)22(38-17(5)32)11-20(36-15(3)30)19(12-29)10-23-28(35,14(2)26(34)40-23)25(24(13)27)39-18(6)33/h8,10,14,20-25,29,35H,9,11-12H2,1-7H3/b19-10-/t14-,20+,21-,22-,23-,24+,25+,27+,28-/m0/s1. The molecule has 222 valence electrons. The molecule has 0 unspecified atom stereocenters. The molecule has 0 spiro atoms. The van der Waals surface area contributed by atoms with Crippen LogP contribution >= 0.6 is 0 Å². The van der Waals surface area contributed by atoms with Crippen LogP contribution < -0.4 is 0 Å². The van der Waals surface area contributed by atoms with Gasteiger partial charge in [0, 0.05) is 46.5 Å². The summed E-state index contributed by atoms with van der Waals surface area (Å²) < 4.78 is 28.5. The number of ether oxygens (including phenoxy) is 5. The van der Waals surface area contributed by atoms with Crippen LogP contribution in [0, 0.1) is 17.3 Å². The second kappa shape index (κ2) is 11.7. The van der Waals surface area contributed by atoms with Crippen LogP contribution in [0.15, 0.2) is 23.3 Å². The van der Waals surface area contributed by atoms with Crippen LogP contribution in [0.3, 0.4) is 0 Å². The monoisotopic (exact) mass is 566 g/mol. The smallest absolute Gasteiger partial charge is 0.312 e. The number of fused-ring (bicyclic) bond motifs is 2. The van der Waals surface area contributed by atoms with Gasteiger partial charge in [0.05, 0.1) is 17.9 Å². The highest BCUT2D eigenvalue weighted by molar-refractivity contribution is 5.78. The van der Waals surface area contributed by atoms with Crippen molar-refractivity contribution in [1.82, 2.24) is 0 Å².